The molecule has 0 unspecified atom stereocenters. The number of para-hydroxylation sites is 1. The number of nitrogens with one attached hydrogen (secondary N) is 2. The quantitative estimate of drug-likeness (QED) is 0.465. The Morgan fingerprint density at radius 2 is 1.68 bits per heavy atom. The van der Waals surface area contributed by atoms with Crippen LogP contribution in [0, 0.1) is 13.8 Å². The highest BCUT2D eigenvalue weighted by atomic mass is 16.5. The second-order valence-electron chi connectivity index (χ2n) is 7.25. The predicted molar refractivity (Wildman–Crippen MR) is 125 cm³/mol. The van der Waals surface area contributed by atoms with Gasteiger partial charge in [0.15, 0.2) is 18.1 Å². The van der Waals surface area contributed by atoms with E-state index < -0.39 is 30.9 Å². The van der Waals surface area contributed by atoms with Crippen LogP contribution in [-0.2, 0) is 14.3 Å². The van der Waals surface area contributed by atoms with Gasteiger partial charge in [-0.3, -0.25) is 14.4 Å². The van der Waals surface area contributed by atoms with Crippen LogP contribution >= 0.6 is 0 Å². The van der Waals surface area contributed by atoms with Gasteiger partial charge >= 0.3 is 5.97 Å². The van der Waals surface area contributed by atoms with E-state index in [2.05, 4.69) is 15.7 Å². The second kappa shape index (κ2) is 11.0. The zero-order chi connectivity index (χ0) is 24.7. The lowest BCUT2D eigenvalue weighted by molar-refractivity contribution is -0.146. The molecule has 0 radical (unpaired) electrons. The highest BCUT2D eigenvalue weighted by molar-refractivity contribution is 5.97. The molecule has 1 aromatic heterocycles. The van der Waals surface area contributed by atoms with Crippen molar-refractivity contribution >= 4 is 23.5 Å². The SMILES string of the molecule is COc1ccc(C(=O)NCC(=O)OCC(=O)Nc2c(C)nn(-c3ccccc3)c2C)cc1OC. The lowest BCUT2D eigenvalue weighted by atomic mass is 10.2. The third-order valence-corrected chi connectivity index (χ3v) is 4.96. The van der Waals surface area contributed by atoms with Crippen molar-refractivity contribution in [3.05, 3.63) is 65.5 Å². The van der Waals surface area contributed by atoms with Crippen molar-refractivity contribution in [1.29, 1.82) is 0 Å². The first-order valence-electron chi connectivity index (χ1n) is 10.4. The van der Waals surface area contributed by atoms with E-state index >= 15 is 0 Å². The number of hydrogen-bond acceptors (Lipinski definition) is 7. The number of ether oxygens (including phenoxy) is 3. The van der Waals surface area contributed by atoms with E-state index in [4.69, 9.17) is 14.2 Å². The molecule has 0 aliphatic heterocycles. The maximum absolute atomic E-state index is 12.3. The maximum atomic E-state index is 12.3. The molecule has 0 bridgehead atoms. The lowest BCUT2D eigenvalue weighted by Gasteiger charge is -2.10. The normalized spacial score (nSPS) is 10.4. The van der Waals surface area contributed by atoms with Crippen molar-refractivity contribution in [2.45, 2.75) is 13.8 Å². The zero-order valence-electron chi connectivity index (χ0n) is 19.4. The van der Waals surface area contributed by atoms with Crippen LogP contribution < -0.4 is 20.1 Å². The molecule has 0 atom stereocenters. The van der Waals surface area contributed by atoms with Crippen LogP contribution in [-0.4, -0.2) is 54.9 Å². The van der Waals surface area contributed by atoms with E-state index in [1.165, 1.54) is 26.4 Å². The molecule has 10 heteroatoms. The minimum Gasteiger partial charge on any atom is -0.493 e. The Morgan fingerprint density at radius 3 is 2.35 bits per heavy atom. The molecule has 2 N–H and O–H groups in total. The zero-order valence-corrected chi connectivity index (χ0v) is 19.4. The molecule has 0 saturated carbocycles. The molecule has 34 heavy (non-hydrogen) atoms. The summed E-state index contributed by atoms with van der Waals surface area (Å²) in [6.45, 7) is 2.71. The number of nitrogens with zero attached hydrogens (tertiary/aromatic N) is 2. The van der Waals surface area contributed by atoms with Crippen molar-refractivity contribution in [1.82, 2.24) is 15.1 Å². The predicted octanol–water partition coefficient (Wildman–Crippen LogP) is 2.42. The number of hydrogen-bond donors (Lipinski definition) is 2. The highest BCUT2D eigenvalue weighted by Crippen LogP contribution is 2.27. The summed E-state index contributed by atoms with van der Waals surface area (Å²) in [7, 11) is 2.94. The van der Waals surface area contributed by atoms with E-state index in [0.29, 0.717) is 22.9 Å². The fourth-order valence-corrected chi connectivity index (χ4v) is 3.25. The van der Waals surface area contributed by atoms with Crippen molar-refractivity contribution in [2.75, 3.05) is 32.7 Å². The van der Waals surface area contributed by atoms with Crippen molar-refractivity contribution in [3.8, 4) is 17.2 Å². The molecule has 2 amide bonds. The van der Waals surface area contributed by atoms with E-state index in [9.17, 15) is 14.4 Å². The van der Waals surface area contributed by atoms with Gasteiger partial charge in [0, 0.05) is 5.56 Å². The number of carbonyl (C=O) groups is 3. The van der Waals surface area contributed by atoms with Gasteiger partial charge in [-0.1, -0.05) is 18.2 Å². The second-order valence-corrected chi connectivity index (χ2v) is 7.25. The van der Waals surface area contributed by atoms with Crippen molar-refractivity contribution in [3.63, 3.8) is 0 Å². The average molecular weight is 466 g/mol. The molecule has 178 valence electrons. The van der Waals surface area contributed by atoms with Gasteiger partial charge in [0.1, 0.15) is 6.54 Å². The van der Waals surface area contributed by atoms with Gasteiger partial charge in [0.05, 0.1) is 37.0 Å². The molecule has 0 aliphatic carbocycles. The minimum atomic E-state index is -0.752. The first kappa shape index (κ1) is 24.3. The van der Waals surface area contributed by atoms with E-state index in [-0.39, 0.29) is 5.56 Å². The summed E-state index contributed by atoms with van der Waals surface area (Å²) in [5.41, 5.74) is 3.06. The summed E-state index contributed by atoms with van der Waals surface area (Å²) in [6.07, 6.45) is 0. The van der Waals surface area contributed by atoms with Crippen LogP contribution in [0.4, 0.5) is 5.69 Å². The number of aromatic nitrogens is 2. The number of aryl methyl sites for hydroxylation is 1. The van der Waals surface area contributed by atoms with Crippen molar-refractivity contribution in [2.24, 2.45) is 0 Å². The molecule has 1 heterocycles. The average Bonchev–Trinajstić information content (AvgIpc) is 3.14. The lowest BCUT2D eigenvalue weighted by Crippen LogP contribution is -2.32. The Morgan fingerprint density at radius 1 is 0.971 bits per heavy atom. The van der Waals surface area contributed by atoms with Crippen LogP contribution in [0.25, 0.3) is 5.69 Å². The van der Waals surface area contributed by atoms with Crippen molar-refractivity contribution < 1.29 is 28.6 Å². The summed E-state index contributed by atoms with van der Waals surface area (Å²) < 4.78 is 17.0. The topological polar surface area (TPSA) is 121 Å². The molecule has 0 fully saturated rings. The summed E-state index contributed by atoms with van der Waals surface area (Å²) in [5, 5.41) is 9.63. The van der Waals surface area contributed by atoms with Gasteiger partial charge in [0.25, 0.3) is 11.8 Å². The summed E-state index contributed by atoms with van der Waals surface area (Å²) in [5.74, 6) is -0.905. The Labute approximate surface area is 196 Å². The molecule has 3 aromatic rings. The maximum Gasteiger partial charge on any atom is 0.325 e. The largest absolute Gasteiger partial charge is 0.493 e. The number of amides is 2. The number of anilines is 1. The van der Waals surface area contributed by atoms with Crippen LogP contribution in [0.5, 0.6) is 11.5 Å². The summed E-state index contributed by atoms with van der Waals surface area (Å²) in [6, 6.07) is 14.1. The Hall–Kier alpha value is -4.34. The van der Waals surface area contributed by atoms with E-state index in [1.54, 1.807) is 17.7 Å². The fraction of sp³-hybridized carbons (Fsp3) is 0.250. The van der Waals surface area contributed by atoms with Crippen LogP contribution in [0.15, 0.2) is 48.5 Å². The van der Waals surface area contributed by atoms with E-state index in [1.807, 2.05) is 37.3 Å². The molecule has 2 aromatic carbocycles. The molecule has 3 rings (SSSR count). The molecular weight excluding hydrogens is 440 g/mol. The minimum absolute atomic E-state index is 0.282. The third-order valence-electron chi connectivity index (χ3n) is 4.96. The van der Waals surface area contributed by atoms with Crippen LogP contribution in [0.3, 0.4) is 0 Å². The number of rotatable bonds is 9. The number of esters is 1. The van der Waals surface area contributed by atoms with Crippen LogP contribution in [0.1, 0.15) is 21.7 Å². The highest BCUT2D eigenvalue weighted by Gasteiger charge is 2.17. The van der Waals surface area contributed by atoms with Gasteiger partial charge in [-0.25, -0.2) is 4.68 Å². The van der Waals surface area contributed by atoms with E-state index in [0.717, 1.165) is 11.4 Å². The smallest absolute Gasteiger partial charge is 0.325 e. The Bertz CT molecular complexity index is 1190. The first-order chi connectivity index (χ1) is 16.3. The monoisotopic (exact) mass is 466 g/mol. The fourth-order valence-electron chi connectivity index (χ4n) is 3.25. The standard InChI is InChI=1S/C24H26N4O6/c1-15-23(16(2)28(27-15)18-8-6-5-7-9-18)26-21(29)14-34-22(30)13-25-24(31)17-10-11-19(32-3)20(12-17)33-4/h5-12H,13-14H2,1-4H3,(H,25,31)(H,26,29). The van der Waals surface area contributed by atoms with Gasteiger partial charge < -0.3 is 24.8 Å². The number of benzene rings is 2. The molecule has 0 saturated heterocycles. The number of methoxy groups -OCH3 is 2. The summed E-state index contributed by atoms with van der Waals surface area (Å²) in [4.78, 5) is 36.6. The van der Waals surface area contributed by atoms with Gasteiger partial charge in [0.2, 0.25) is 0 Å². The van der Waals surface area contributed by atoms with Gasteiger partial charge in [-0.05, 0) is 44.2 Å². The Balaban J connectivity index is 1.51. The van der Waals surface area contributed by atoms with Crippen LogP contribution in [0.2, 0.25) is 0 Å². The number of carbonyl (C=O) groups excluding carboxylic acids is 3. The van der Waals surface area contributed by atoms with Gasteiger partial charge in [-0.2, -0.15) is 5.10 Å². The molecule has 10 nitrogen and oxygen atoms in total. The molecule has 0 spiro atoms. The van der Waals surface area contributed by atoms with Gasteiger partial charge in [-0.15, -0.1) is 0 Å². The molecule has 0 aliphatic rings. The first-order valence-corrected chi connectivity index (χ1v) is 10.4. The molecular formula is C24H26N4O6. The third kappa shape index (κ3) is 5.71. The summed E-state index contributed by atoms with van der Waals surface area (Å²) >= 11 is 0. The Kier molecular flexibility index (Phi) is 7.86.